The predicted molar refractivity (Wildman–Crippen MR) is 285 cm³/mol. The van der Waals surface area contributed by atoms with Gasteiger partial charge in [0.25, 0.3) is 0 Å². The Morgan fingerprint density at radius 1 is 0.935 bits per heavy atom. The molecule has 2 aromatic heterocycles. The zero-order valence-corrected chi connectivity index (χ0v) is 45.6. The molecule has 2 aliphatic heterocycles. The lowest BCUT2D eigenvalue weighted by molar-refractivity contribution is -0.142. The summed E-state index contributed by atoms with van der Waals surface area (Å²) in [5, 5.41) is 79.1. The quantitative estimate of drug-likeness (QED) is 0.0378. The molecule has 13 N–H and O–H groups in total. The molecule has 5 rings (SSSR count). The number of aliphatic hydroxyl groups is 2. The molecule has 1 saturated heterocycles. The van der Waals surface area contributed by atoms with Crippen LogP contribution in [0.4, 0.5) is 0 Å². The number of esters is 1. The summed E-state index contributed by atoms with van der Waals surface area (Å²) in [6, 6.07) is -4.34. The maximum Gasteiger partial charge on any atom is 0.394 e. The number of fused-ring (bicyclic) bond motifs is 4. The molecule has 4 heterocycles. The van der Waals surface area contributed by atoms with E-state index in [1.165, 1.54) is 40.9 Å². The molecule has 0 aliphatic carbocycles. The van der Waals surface area contributed by atoms with Crippen molar-refractivity contribution in [3.8, 4) is 17.6 Å². The normalized spacial score (nSPS) is 20.3. The fourth-order valence-corrected chi connectivity index (χ4v) is 10.6. The lowest BCUT2D eigenvalue weighted by atomic mass is 10.0. The summed E-state index contributed by atoms with van der Waals surface area (Å²) < 4.78 is 15.6. The number of nitrogens with one attached hydrogen (secondary N) is 7. The second-order valence-corrected chi connectivity index (χ2v) is 21.9. The lowest BCUT2D eigenvalue weighted by Gasteiger charge is -2.29. The first-order valence-electron chi connectivity index (χ1n) is 23.6. The lowest BCUT2D eigenvalue weighted by Crippen LogP contribution is -2.59. The Morgan fingerprint density at radius 2 is 1.65 bits per heavy atom. The summed E-state index contributed by atoms with van der Waals surface area (Å²) in [4.78, 5) is 117. The number of thiocarbonyl (C=S) groups is 2. The van der Waals surface area contributed by atoms with Crippen LogP contribution in [0.2, 0.25) is 0 Å². The zero-order chi connectivity index (χ0) is 56.5. The number of amides is 6. The van der Waals surface area contributed by atoms with Crippen LogP contribution in [0.5, 0.6) is 17.6 Å². The van der Waals surface area contributed by atoms with Gasteiger partial charge in [-0.05, 0) is 54.9 Å². The number of thioether (sulfide) groups is 1. The van der Waals surface area contributed by atoms with E-state index in [0.717, 1.165) is 21.6 Å². The number of hydrogen-bond donors (Lipinski definition) is 13. The minimum Gasteiger partial charge on any atom is -0.508 e. The Hall–Kier alpha value is -6.45. The molecule has 1 aromatic carbocycles. The third-order valence-corrected chi connectivity index (χ3v) is 15.0. The van der Waals surface area contributed by atoms with E-state index in [9.17, 15) is 69.0 Å². The average Bonchev–Trinajstić information content (AvgIpc) is 4.15. The van der Waals surface area contributed by atoms with Gasteiger partial charge in [0.05, 0.1) is 26.4 Å². The summed E-state index contributed by atoms with van der Waals surface area (Å²) >= 11 is 12.0. The molecular weight excluding hydrogens is 1110 g/mol. The van der Waals surface area contributed by atoms with Crippen molar-refractivity contribution in [2.45, 2.75) is 81.8 Å². The summed E-state index contributed by atoms with van der Waals surface area (Å²) in [6.07, 6.45) is 2.25. The number of carboxylic acids is 1. The Bertz CT molecular complexity index is 2640. The van der Waals surface area contributed by atoms with Crippen LogP contribution in [0.25, 0.3) is 0 Å². The van der Waals surface area contributed by atoms with Gasteiger partial charge in [-0.1, -0.05) is 72.0 Å². The van der Waals surface area contributed by atoms with E-state index in [1.54, 1.807) is 20.1 Å². The van der Waals surface area contributed by atoms with Crippen molar-refractivity contribution < 1.29 is 82.6 Å². The summed E-state index contributed by atoms with van der Waals surface area (Å²) in [6.45, 7) is 1.14. The number of carbonyl (C=O) groups is 8. The average molecular weight is 1170 g/mol. The first kappa shape index (κ1) is 61.4. The highest BCUT2D eigenvalue weighted by molar-refractivity contribution is 8.76. The largest absolute Gasteiger partial charge is 0.508 e. The number of carboxylic acid groups (broad SMARTS) is 1. The number of aromatic hydroxyl groups is 3. The van der Waals surface area contributed by atoms with E-state index >= 15 is 0 Å². The van der Waals surface area contributed by atoms with Gasteiger partial charge < -0.3 is 86.3 Å². The van der Waals surface area contributed by atoms with Gasteiger partial charge >= 0.3 is 29.7 Å². The molecule has 0 radical (unpaired) electrons. The molecule has 3 aromatic rings. The predicted octanol–water partition coefficient (Wildman–Crippen LogP) is -1.26. The van der Waals surface area contributed by atoms with E-state index in [4.69, 9.17) is 38.0 Å². The number of phenolic OH excluding ortho intramolecular Hbond substituents is 1. The first-order valence-corrected chi connectivity index (χ1v) is 28.3. The SMILES string of the molecule is CSCCC(NC(=O)C1CSSCC(NC(=O)C(CO)NC(=O)CNC(=S)c2nc(C(=O)OCC(C)C)oc2O)C(=O)NC(Cc2ccc(O)cc2)C(=O)N2CCCC2c2nc(c(O)o2)C(=S)NC(CO)C(=O)N1)C(=O)O. The first-order chi connectivity index (χ1) is 36.6. The number of hydrogen-bond acceptors (Lipinski definition) is 23. The van der Waals surface area contributed by atoms with Crippen molar-refractivity contribution in [2.75, 3.05) is 56.4 Å². The van der Waals surface area contributed by atoms with Gasteiger partial charge in [0.2, 0.25) is 41.3 Å². The smallest absolute Gasteiger partial charge is 0.394 e. The van der Waals surface area contributed by atoms with Crippen LogP contribution >= 0.6 is 57.8 Å². The number of aromatic nitrogens is 2. The maximum absolute atomic E-state index is 14.7. The summed E-state index contributed by atoms with van der Waals surface area (Å²) in [7, 11) is 1.77. The van der Waals surface area contributed by atoms with Gasteiger partial charge in [-0.2, -0.15) is 16.7 Å². The number of aliphatic carboxylic acids is 1. The third-order valence-electron chi connectivity index (χ3n) is 11.3. The molecule has 1 fully saturated rings. The molecule has 27 nitrogen and oxygen atoms in total. The van der Waals surface area contributed by atoms with Crippen molar-refractivity contribution in [3.63, 3.8) is 0 Å². The third kappa shape index (κ3) is 17.5. The minimum atomic E-state index is -1.73. The molecule has 420 valence electrons. The van der Waals surface area contributed by atoms with Gasteiger partial charge in [0.1, 0.15) is 58.0 Å². The molecular formula is C45H58N10O17S5. The van der Waals surface area contributed by atoms with E-state index in [-0.39, 0.29) is 77.1 Å². The van der Waals surface area contributed by atoms with Crippen molar-refractivity contribution >= 4 is 115 Å². The molecule has 0 saturated carbocycles. The molecule has 7 atom stereocenters. The van der Waals surface area contributed by atoms with Gasteiger partial charge in [0, 0.05) is 24.5 Å². The van der Waals surface area contributed by atoms with Crippen LogP contribution in [0.3, 0.4) is 0 Å². The zero-order valence-electron chi connectivity index (χ0n) is 41.5. The highest BCUT2D eigenvalue weighted by Crippen LogP contribution is 2.35. The second kappa shape index (κ2) is 29.3. The van der Waals surface area contributed by atoms with Crippen LogP contribution in [-0.2, 0) is 44.7 Å². The Morgan fingerprint density at radius 3 is 2.31 bits per heavy atom. The fraction of sp³-hybridized carbons (Fsp3) is 0.511. The van der Waals surface area contributed by atoms with Gasteiger partial charge in [0.15, 0.2) is 11.4 Å². The van der Waals surface area contributed by atoms with Crippen molar-refractivity contribution in [1.29, 1.82) is 0 Å². The summed E-state index contributed by atoms with van der Waals surface area (Å²) in [5.74, 6) is -10.8. The van der Waals surface area contributed by atoms with Gasteiger partial charge in [-0.3, -0.25) is 28.8 Å². The van der Waals surface area contributed by atoms with Crippen molar-refractivity contribution in [1.82, 2.24) is 52.1 Å². The second-order valence-electron chi connectivity index (χ2n) is 17.6. The van der Waals surface area contributed by atoms with Crippen LogP contribution in [0.1, 0.15) is 72.7 Å². The Balaban J connectivity index is 1.44. The topological polar surface area (TPSA) is 407 Å². The van der Waals surface area contributed by atoms with Gasteiger partial charge in [-0.25, -0.2) is 14.6 Å². The van der Waals surface area contributed by atoms with Crippen molar-refractivity contribution in [3.05, 3.63) is 53.0 Å². The van der Waals surface area contributed by atoms with E-state index in [0.29, 0.717) is 17.7 Å². The number of ether oxygens (including phenoxy) is 1. The standard InChI is InChI=1S/C45H58N10O17S5/c1-20(2)17-70-45(69)38-54-31(43(67)72-38)39(73)46-14-30(59)47-25(15-56)33(60)50-28-19-77-76-18-27(35(62)48-23(42(65)66)10-12-75-3)51-34(61)26(16-57)52-40(74)32-44(68)71-37(53-32)29-5-4-11-55(29)41(64)24(49-36(28)63)13-21-6-8-22(58)9-7-21/h6-9,20,23-29,56-58,67-68H,4-5,10-19H2,1-3H3,(H,46,73)(H,47,59)(H,48,62)(H,49,63)(H,50,60)(H,51,61)(H,52,74)(H,65,66). The molecule has 7 unspecified atom stereocenters. The van der Waals surface area contributed by atoms with E-state index in [1.807, 2.05) is 0 Å². The van der Waals surface area contributed by atoms with Crippen LogP contribution in [-0.4, -0.2) is 196 Å². The number of nitrogens with zero attached hydrogens (tertiary/aromatic N) is 3. The Kier molecular flexibility index (Phi) is 23.4. The highest BCUT2D eigenvalue weighted by Gasteiger charge is 2.40. The van der Waals surface area contributed by atoms with Crippen LogP contribution in [0.15, 0.2) is 33.1 Å². The molecule has 32 heteroatoms. The molecule has 0 spiro atoms. The van der Waals surface area contributed by atoms with Crippen LogP contribution < -0.4 is 37.2 Å². The number of oxazole rings is 2. The fourth-order valence-electron chi connectivity index (χ4n) is 7.31. The van der Waals surface area contributed by atoms with Gasteiger partial charge in [-0.15, -0.1) is 0 Å². The van der Waals surface area contributed by atoms with E-state index < -0.39 is 133 Å². The molecule has 2 bridgehead atoms. The molecule has 6 amide bonds. The minimum absolute atomic E-state index is 0.0138. The Labute approximate surface area is 462 Å². The van der Waals surface area contributed by atoms with E-state index in [2.05, 4.69) is 47.2 Å². The number of benzene rings is 1. The number of rotatable bonds is 19. The maximum atomic E-state index is 14.7. The molecule has 77 heavy (non-hydrogen) atoms. The van der Waals surface area contributed by atoms with Crippen molar-refractivity contribution in [2.24, 2.45) is 5.92 Å². The number of aliphatic hydroxyl groups excluding tert-OH is 2. The summed E-state index contributed by atoms with van der Waals surface area (Å²) in [5.41, 5.74) is -0.289. The van der Waals surface area contributed by atoms with Crippen LogP contribution in [0, 0.1) is 5.92 Å². The monoisotopic (exact) mass is 1170 g/mol. The number of phenols is 1. The molecule has 2 aliphatic rings. The number of carbonyl (C=O) groups excluding carboxylic acids is 7. The highest BCUT2D eigenvalue weighted by atomic mass is 33.1.